The molecular weight excluding hydrogens is 210 g/mol. The van der Waals surface area contributed by atoms with Gasteiger partial charge in [0.25, 0.3) is 0 Å². The van der Waals surface area contributed by atoms with Gasteiger partial charge >= 0.3 is 6.09 Å². The lowest BCUT2D eigenvalue weighted by atomic mass is 9.94. The predicted octanol–water partition coefficient (Wildman–Crippen LogP) is 1.12. The molecule has 0 N–H and O–H groups in total. The number of likely N-dealkylation sites (tertiary alicyclic amines) is 1. The van der Waals surface area contributed by atoms with E-state index >= 15 is 0 Å². The van der Waals surface area contributed by atoms with Crippen molar-refractivity contribution in [3.8, 4) is 0 Å². The second kappa shape index (κ2) is 3.60. The van der Waals surface area contributed by atoms with E-state index in [1.165, 1.54) is 0 Å². The lowest BCUT2D eigenvalue weighted by Gasteiger charge is -2.29. The van der Waals surface area contributed by atoms with E-state index < -0.39 is 5.79 Å². The maximum absolute atomic E-state index is 11.6. The molecule has 2 heterocycles. The average molecular weight is 227 g/mol. The lowest BCUT2D eigenvalue weighted by molar-refractivity contribution is -0.172. The average Bonchev–Trinajstić information content (AvgIpc) is 2.80. The largest absolute Gasteiger partial charge is 0.450 e. The van der Waals surface area contributed by atoms with Crippen molar-refractivity contribution >= 4 is 6.09 Å². The van der Waals surface area contributed by atoms with Crippen LogP contribution in [0.15, 0.2) is 0 Å². The highest BCUT2D eigenvalue weighted by Crippen LogP contribution is 2.48. The first kappa shape index (κ1) is 10.4. The molecule has 1 aliphatic carbocycles. The minimum atomic E-state index is -0.400. The van der Waals surface area contributed by atoms with Crippen molar-refractivity contribution in [1.29, 1.82) is 0 Å². The second-order valence-corrected chi connectivity index (χ2v) is 4.59. The van der Waals surface area contributed by atoms with Crippen LogP contribution in [-0.2, 0) is 14.2 Å². The first-order valence-electron chi connectivity index (χ1n) is 5.99. The molecule has 2 aliphatic heterocycles. The van der Waals surface area contributed by atoms with Gasteiger partial charge in [0.1, 0.15) is 0 Å². The summed E-state index contributed by atoms with van der Waals surface area (Å²) in [4.78, 5) is 13.4. The van der Waals surface area contributed by atoms with Crippen LogP contribution in [0.3, 0.4) is 0 Å². The lowest BCUT2D eigenvalue weighted by Crippen LogP contribution is -2.35. The van der Waals surface area contributed by atoms with Crippen LogP contribution in [0.5, 0.6) is 0 Å². The van der Waals surface area contributed by atoms with Gasteiger partial charge in [-0.2, -0.15) is 0 Å². The number of hydrogen-bond donors (Lipinski definition) is 0. The third-order valence-electron chi connectivity index (χ3n) is 3.70. The van der Waals surface area contributed by atoms with Gasteiger partial charge in [-0.1, -0.05) is 0 Å². The van der Waals surface area contributed by atoms with Crippen molar-refractivity contribution in [2.75, 3.05) is 19.8 Å². The van der Waals surface area contributed by atoms with Gasteiger partial charge in [-0.15, -0.1) is 0 Å². The first-order valence-corrected chi connectivity index (χ1v) is 5.99. The monoisotopic (exact) mass is 227 g/mol. The summed E-state index contributed by atoms with van der Waals surface area (Å²) in [6.07, 6.45) is 2.47. The molecule has 2 atom stereocenters. The Balaban J connectivity index is 1.63. The maximum Gasteiger partial charge on any atom is 0.410 e. The molecule has 0 aromatic heterocycles. The van der Waals surface area contributed by atoms with Crippen molar-refractivity contribution in [1.82, 2.24) is 4.90 Å². The number of nitrogens with zero attached hydrogens (tertiary/aromatic N) is 1. The van der Waals surface area contributed by atoms with E-state index in [2.05, 4.69) is 0 Å². The molecular formula is C11H17NO4. The molecule has 5 heteroatoms. The van der Waals surface area contributed by atoms with Crippen LogP contribution in [0.1, 0.15) is 26.2 Å². The van der Waals surface area contributed by atoms with Gasteiger partial charge < -0.3 is 14.2 Å². The molecule has 0 aromatic carbocycles. The first-order chi connectivity index (χ1) is 7.76. The van der Waals surface area contributed by atoms with Gasteiger partial charge in [0.05, 0.1) is 31.9 Å². The highest BCUT2D eigenvalue weighted by molar-refractivity contribution is 5.72. The van der Waals surface area contributed by atoms with Crippen LogP contribution < -0.4 is 0 Å². The van der Waals surface area contributed by atoms with Crippen molar-refractivity contribution < 1.29 is 19.0 Å². The fraction of sp³-hybridized carbons (Fsp3) is 0.909. The Labute approximate surface area is 94.6 Å². The molecule has 1 amide bonds. The molecule has 1 spiro atoms. The Morgan fingerprint density at radius 3 is 2.88 bits per heavy atom. The van der Waals surface area contributed by atoms with Crippen molar-refractivity contribution in [2.24, 2.45) is 0 Å². The minimum absolute atomic E-state index is 0.187. The highest BCUT2D eigenvalue weighted by atomic mass is 16.7. The van der Waals surface area contributed by atoms with Gasteiger partial charge in [0.15, 0.2) is 5.79 Å². The van der Waals surface area contributed by atoms with E-state index in [0.717, 1.165) is 19.3 Å². The summed E-state index contributed by atoms with van der Waals surface area (Å²) in [5.41, 5.74) is 0. The van der Waals surface area contributed by atoms with E-state index in [0.29, 0.717) is 25.9 Å². The number of fused-ring (bicyclic) bond motifs is 1. The summed E-state index contributed by atoms with van der Waals surface area (Å²) in [6, 6.07) is 0.628. The van der Waals surface area contributed by atoms with Gasteiger partial charge in [0, 0.05) is 12.8 Å². The van der Waals surface area contributed by atoms with Crippen LogP contribution in [0.25, 0.3) is 0 Å². The summed E-state index contributed by atoms with van der Waals surface area (Å²) < 4.78 is 16.3. The van der Waals surface area contributed by atoms with Gasteiger partial charge in [-0.25, -0.2) is 4.79 Å². The summed E-state index contributed by atoms with van der Waals surface area (Å²) in [5.74, 6) is -0.400. The molecule has 16 heavy (non-hydrogen) atoms. The van der Waals surface area contributed by atoms with Crippen molar-refractivity contribution in [3.63, 3.8) is 0 Å². The minimum Gasteiger partial charge on any atom is -0.450 e. The molecule has 90 valence electrons. The molecule has 3 rings (SSSR count). The Kier molecular flexibility index (Phi) is 2.33. The molecule has 0 aromatic rings. The Morgan fingerprint density at radius 1 is 1.44 bits per heavy atom. The van der Waals surface area contributed by atoms with E-state index in [9.17, 15) is 4.79 Å². The molecule has 0 bridgehead atoms. The van der Waals surface area contributed by atoms with Crippen LogP contribution in [0, 0.1) is 0 Å². The Bertz CT molecular complexity index is 300. The standard InChI is InChI=1S/C11H17NO4/c1-2-14-10(13)12-8-3-4-11(7-9(8)12)15-5-6-16-11/h8-9H,2-7H2,1H3. The summed E-state index contributed by atoms with van der Waals surface area (Å²) in [5, 5.41) is 0. The molecule has 2 unspecified atom stereocenters. The zero-order chi connectivity index (χ0) is 11.2. The number of carbonyl (C=O) groups excluding carboxylic acids is 1. The Morgan fingerprint density at radius 2 is 2.19 bits per heavy atom. The SMILES string of the molecule is CCOC(=O)N1C2CCC3(CC21)OCCO3. The fourth-order valence-electron chi connectivity index (χ4n) is 2.92. The molecule has 3 fully saturated rings. The molecule has 1 saturated carbocycles. The molecule has 5 nitrogen and oxygen atoms in total. The molecule has 0 radical (unpaired) electrons. The van der Waals surface area contributed by atoms with E-state index in [4.69, 9.17) is 14.2 Å². The fourth-order valence-corrected chi connectivity index (χ4v) is 2.92. The number of ether oxygens (including phenoxy) is 3. The number of hydrogen-bond acceptors (Lipinski definition) is 4. The van der Waals surface area contributed by atoms with Gasteiger partial charge in [-0.3, -0.25) is 4.90 Å². The van der Waals surface area contributed by atoms with Crippen LogP contribution in [0.2, 0.25) is 0 Å². The number of carbonyl (C=O) groups is 1. The van der Waals surface area contributed by atoms with Crippen LogP contribution >= 0.6 is 0 Å². The summed E-state index contributed by atoms with van der Waals surface area (Å²) in [6.45, 7) is 3.62. The van der Waals surface area contributed by atoms with Crippen molar-refractivity contribution in [3.05, 3.63) is 0 Å². The maximum atomic E-state index is 11.6. The molecule has 2 saturated heterocycles. The van der Waals surface area contributed by atoms with Crippen molar-refractivity contribution in [2.45, 2.75) is 44.1 Å². The summed E-state index contributed by atoms with van der Waals surface area (Å²) >= 11 is 0. The zero-order valence-electron chi connectivity index (χ0n) is 9.48. The third kappa shape index (κ3) is 1.50. The van der Waals surface area contributed by atoms with E-state index in [1.54, 1.807) is 0 Å². The van der Waals surface area contributed by atoms with Crippen LogP contribution in [0.4, 0.5) is 4.79 Å². The van der Waals surface area contributed by atoms with Gasteiger partial charge in [0.2, 0.25) is 0 Å². The normalized spacial score (nSPS) is 34.9. The van der Waals surface area contributed by atoms with Gasteiger partial charge in [-0.05, 0) is 13.3 Å². The summed E-state index contributed by atoms with van der Waals surface area (Å²) in [7, 11) is 0. The highest BCUT2D eigenvalue weighted by Gasteiger charge is 2.60. The quantitative estimate of drug-likeness (QED) is 0.630. The number of amides is 1. The van der Waals surface area contributed by atoms with Crippen LogP contribution in [-0.4, -0.2) is 48.7 Å². The zero-order valence-corrected chi connectivity index (χ0v) is 9.48. The predicted molar refractivity (Wildman–Crippen MR) is 54.9 cm³/mol. The van der Waals surface area contributed by atoms with E-state index in [1.807, 2.05) is 11.8 Å². The third-order valence-corrected chi connectivity index (χ3v) is 3.70. The van der Waals surface area contributed by atoms with E-state index in [-0.39, 0.29) is 12.1 Å². The second-order valence-electron chi connectivity index (χ2n) is 4.59. The molecule has 3 aliphatic rings. The topological polar surface area (TPSA) is 47.8 Å². The Hall–Kier alpha value is -0.810. The smallest absolute Gasteiger partial charge is 0.410 e. The number of rotatable bonds is 1.